The Balaban J connectivity index is 1.39. The number of H-pyrrole nitrogens is 2. The fourth-order valence-corrected chi connectivity index (χ4v) is 4.13. The van der Waals surface area contributed by atoms with E-state index in [1.54, 1.807) is 7.11 Å². The highest BCUT2D eigenvalue weighted by Gasteiger charge is 2.27. The summed E-state index contributed by atoms with van der Waals surface area (Å²) in [4.78, 5) is 26.2. The van der Waals surface area contributed by atoms with E-state index < -0.39 is 0 Å². The molecule has 1 amide bonds. The molecule has 0 radical (unpaired) electrons. The largest absolute Gasteiger partial charge is 0.497 e. The molecule has 5 rings (SSSR count). The number of hydrogen-bond donors (Lipinski definition) is 2. The van der Waals surface area contributed by atoms with Gasteiger partial charge in [0.2, 0.25) is 0 Å². The molecular weight excluding hydrogens is 352 g/mol. The van der Waals surface area contributed by atoms with Gasteiger partial charge in [-0.25, -0.2) is 0 Å². The zero-order valence-electron chi connectivity index (χ0n) is 15.7. The summed E-state index contributed by atoms with van der Waals surface area (Å²) in [5, 5.41) is 1.01. The Bertz CT molecular complexity index is 1130. The Morgan fingerprint density at radius 3 is 2.96 bits per heavy atom. The van der Waals surface area contributed by atoms with Gasteiger partial charge in [0.15, 0.2) is 0 Å². The normalized spacial score (nSPS) is 17.3. The molecule has 1 aliphatic heterocycles. The standard InChI is InChI=1S/C22H22N4O2/c1-28-16-7-6-14-10-21(25-18(14)11-16)22(27)26-9-3-4-15(13-26)19-12-20-17(24-19)5-2-8-23-20/h2,5-8,10-12,15,24-25H,3-4,9,13H2,1H3. The molecule has 6 heteroatoms. The predicted octanol–water partition coefficient (Wildman–Crippen LogP) is 4.07. The van der Waals surface area contributed by atoms with Crippen LogP contribution in [-0.4, -0.2) is 46.0 Å². The van der Waals surface area contributed by atoms with Crippen LogP contribution in [-0.2, 0) is 0 Å². The van der Waals surface area contributed by atoms with Gasteiger partial charge < -0.3 is 19.6 Å². The lowest BCUT2D eigenvalue weighted by molar-refractivity contribution is 0.0701. The highest BCUT2D eigenvalue weighted by atomic mass is 16.5. The topological polar surface area (TPSA) is 74.0 Å². The summed E-state index contributed by atoms with van der Waals surface area (Å²) in [6.45, 7) is 1.50. The summed E-state index contributed by atoms with van der Waals surface area (Å²) in [6, 6.07) is 13.8. The number of hydrogen-bond acceptors (Lipinski definition) is 3. The molecule has 28 heavy (non-hydrogen) atoms. The van der Waals surface area contributed by atoms with E-state index in [-0.39, 0.29) is 5.91 Å². The van der Waals surface area contributed by atoms with Crippen molar-refractivity contribution in [2.75, 3.05) is 20.2 Å². The van der Waals surface area contributed by atoms with E-state index in [0.717, 1.165) is 52.8 Å². The molecule has 1 unspecified atom stereocenters. The maximum absolute atomic E-state index is 13.1. The average Bonchev–Trinajstić information content (AvgIpc) is 3.36. The van der Waals surface area contributed by atoms with Crippen molar-refractivity contribution in [3.05, 3.63) is 60.0 Å². The molecule has 0 bridgehead atoms. The van der Waals surface area contributed by atoms with E-state index in [1.165, 1.54) is 0 Å². The first kappa shape index (κ1) is 16.9. The monoisotopic (exact) mass is 374 g/mol. The van der Waals surface area contributed by atoms with E-state index in [0.29, 0.717) is 18.2 Å². The summed E-state index contributed by atoms with van der Waals surface area (Å²) < 4.78 is 5.27. The third-order valence-corrected chi connectivity index (χ3v) is 5.62. The van der Waals surface area contributed by atoms with Gasteiger partial charge in [-0.3, -0.25) is 9.78 Å². The number of fused-ring (bicyclic) bond motifs is 2. The molecule has 1 aromatic carbocycles. The van der Waals surface area contributed by atoms with E-state index in [2.05, 4.69) is 21.0 Å². The highest BCUT2D eigenvalue weighted by Crippen LogP contribution is 2.29. The number of piperidine rings is 1. The second kappa shape index (κ2) is 6.71. The minimum atomic E-state index is 0.0501. The zero-order chi connectivity index (χ0) is 19.1. The van der Waals surface area contributed by atoms with Crippen LogP contribution in [0.4, 0.5) is 0 Å². The molecule has 4 aromatic rings. The smallest absolute Gasteiger partial charge is 0.270 e. The van der Waals surface area contributed by atoms with Crippen LogP contribution in [0.15, 0.2) is 48.7 Å². The summed E-state index contributed by atoms with van der Waals surface area (Å²) in [5.41, 5.74) is 4.73. The minimum Gasteiger partial charge on any atom is -0.497 e. The SMILES string of the molecule is COc1ccc2cc(C(=O)N3CCCC(c4cc5ncccc5[nH]4)C3)[nH]c2c1. The number of carbonyl (C=O) groups excluding carboxylic acids is 1. The Morgan fingerprint density at radius 1 is 1.18 bits per heavy atom. The quantitative estimate of drug-likeness (QED) is 0.568. The number of aromatic nitrogens is 3. The Morgan fingerprint density at radius 2 is 2.11 bits per heavy atom. The first-order valence-corrected chi connectivity index (χ1v) is 9.61. The van der Waals surface area contributed by atoms with Gasteiger partial charge in [-0.15, -0.1) is 0 Å². The fourth-order valence-electron chi connectivity index (χ4n) is 4.13. The van der Waals surface area contributed by atoms with Gasteiger partial charge in [0.1, 0.15) is 11.4 Å². The van der Waals surface area contributed by atoms with Gasteiger partial charge in [-0.05, 0) is 49.2 Å². The predicted molar refractivity (Wildman–Crippen MR) is 109 cm³/mol. The molecule has 1 aliphatic rings. The number of pyridine rings is 1. The molecule has 2 N–H and O–H groups in total. The number of likely N-dealkylation sites (tertiary alicyclic amines) is 1. The first-order valence-electron chi connectivity index (χ1n) is 9.61. The number of rotatable bonds is 3. The van der Waals surface area contributed by atoms with E-state index >= 15 is 0 Å². The van der Waals surface area contributed by atoms with Gasteiger partial charge in [-0.1, -0.05) is 0 Å². The van der Waals surface area contributed by atoms with Crippen LogP contribution in [0.25, 0.3) is 21.9 Å². The van der Waals surface area contributed by atoms with Crippen molar-refractivity contribution in [3.8, 4) is 5.75 Å². The number of ether oxygens (including phenoxy) is 1. The van der Waals surface area contributed by atoms with Gasteiger partial charge in [0.25, 0.3) is 5.91 Å². The van der Waals surface area contributed by atoms with Gasteiger partial charge in [0.05, 0.1) is 18.1 Å². The van der Waals surface area contributed by atoms with E-state index in [4.69, 9.17) is 4.74 Å². The van der Waals surface area contributed by atoms with Crippen LogP contribution in [0, 0.1) is 0 Å². The molecular formula is C22H22N4O2. The second-order valence-electron chi connectivity index (χ2n) is 7.39. The van der Waals surface area contributed by atoms with Crippen molar-refractivity contribution < 1.29 is 9.53 Å². The molecule has 0 aliphatic carbocycles. The van der Waals surface area contributed by atoms with Gasteiger partial charge >= 0.3 is 0 Å². The number of aromatic amines is 2. The van der Waals surface area contributed by atoms with E-state index in [9.17, 15) is 4.79 Å². The van der Waals surface area contributed by atoms with Crippen LogP contribution < -0.4 is 4.74 Å². The van der Waals surface area contributed by atoms with Crippen molar-refractivity contribution >= 4 is 27.8 Å². The molecule has 6 nitrogen and oxygen atoms in total. The lowest BCUT2D eigenvalue weighted by Gasteiger charge is -2.32. The number of nitrogens with one attached hydrogen (secondary N) is 2. The first-order chi connectivity index (χ1) is 13.7. The molecule has 1 fully saturated rings. The summed E-state index contributed by atoms with van der Waals surface area (Å²) in [6.07, 6.45) is 3.87. The lowest BCUT2D eigenvalue weighted by Crippen LogP contribution is -2.39. The van der Waals surface area contributed by atoms with Gasteiger partial charge in [-0.2, -0.15) is 0 Å². The molecule has 0 spiro atoms. The van der Waals surface area contributed by atoms with Crippen LogP contribution in [0.3, 0.4) is 0 Å². The number of methoxy groups -OCH3 is 1. The third kappa shape index (κ3) is 2.91. The number of amides is 1. The zero-order valence-corrected chi connectivity index (χ0v) is 15.7. The van der Waals surface area contributed by atoms with Crippen molar-refractivity contribution in [2.24, 2.45) is 0 Å². The maximum atomic E-state index is 13.1. The fraction of sp³-hybridized carbons (Fsp3) is 0.273. The Kier molecular flexibility index (Phi) is 4.04. The lowest BCUT2D eigenvalue weighted by atomic mass is 9.94. The van der Waals surface area contributed by atoms with Crippen LogP contribution in [0.2, 0.25) is 0 Å². The molecule has 142 valence electrons. The third-order valence-electron chi connectivity index (χ3n) is 5.62. The molecule has 1 atom stereocenters. The summed E-state index contributed by atoms with van der Waals surface area (Å²) in [5.74, 6) is 1.13. The molecule has 1 saturated heterocycles. The summed E-state index contributed by atoms with van der Waals surface area (Å²) in [7, 11) is 1.64. The van der Waals surface area contributed by atoms with Crippen LogP contribution >= 0.6 is 0 Å². The van der Waals surface area contributed by atoms with Crippen molar-refractivity contribution in [1.29, 1.82) is 0 Å². The summed E-state index contributed by atoms with van der Waals surface area (Å²) >= 11 is 0. The van der Waals surface area contributed by atoms with Crippen molar-refractivity contribution in [2.45, 2.75) is 18.8 Å². The van der Waals surface area contributed by atoms with Crippen molar-refractivity contribution in [1.82, 2.24) is 19.9 Å². The Labute approximate surface area is 162 Å². The molecule has 3 aromatic heterocycles. The maximum Gasteiger partial charge on any atom is 0.270 e. The number of carbonyl (C=O) groups is 1. The Hall–Kier alpha value is -3.28. The second-order valence-corrected chi connectivity index (χ2v) is 7.39. The molecule has 0 saturated carbocycles. The average molecular weight is 374 g/mol. The molecule has 4 heterocycles. The number of nitrogens with zero attached hydrogens (tertiary/aromatic N) is 2. The van der Waals surface area contributed by atoms with Crippen LogP contribution in [0.5, 0.6) is 5.75 Å². The highest BCUT2D eigenvalue weighted by molar-refractivity contribution is 5.98. The number of benzene rings is 1. The van der Waals surface area contributed by atoms with Crippen LogP contribution in [0.1, 0.15) is 34.9 Å². The van der Waals surface area contributed by atoms with Gasteiger partial charge in [0, 0.05) is 47.9 Å². The minimum absolute atomic E-state index is 0.0501. The van der Waals surface area contributed by atoms with E-state index in [1.807, 2.05) is 47.5 Å². The van der Waals surface area contributed by atoms with Crippen molar-refractivity contribution in [3.63, 3.8) is 0 Å².